The Morgan fingerprint density at radius 1 is 0.345 bits per heavy atom. The predicted octanol–water partition coefficient (Wildman–Crippen LogP) is 25.0. The van der Waals surface area contributed by atoms with Crippen LogP contribution in [0.3, 0.4) is 0 Å². The van der Waals surface area contributed by atoms with Crippen LogP contribution in [0.25, 0.3) is 0 Å². The van der Waals surface area contributed by atoms with Crippen LogP contribution in [0.2, 0.25) is 0 Å². The molecule has 10 heteroatoms. The van der Waals surface area contributed by atoms with Crippen LogP contribution in [0.1, 0.15) is 386 Å². The van der Waals surface area contributed by atoms with Gasteiger partial charge < -0.3 is 20.1 Å². The van der Waals surface area contributed by atoms with Crippen molar-refractivity contribution >= 4 is 19.8 Å². The number of hydrogen-bond acceptors (Lipinski definition) is 8. The van der Waals surface area contributed by atoms with Gasteiger partial charge in [-0.25, -0.2) is 4.57 Å². The van der Waals surface area contributed by atoms with Gasteiger partial charge >= 0.3 is 19.8 Å². The average Bonchev–Trinajstić information content (AvgIpc) is 3.66. The summed E-state index contributed by atoms with van der Waals surface area (Å²) in [4.78, 5) is 35.4. The Bertz CT molecular complexity index is 1610. The van der Waals surface area contributed by atoms with Crippen molar-refractivity contribution in [2.45, 2.75) is 392 Å². The number of allylic oxidation sites excluding steroid dienone is 10. The summed E-state index contributed by atoms with van der Waals surface area (Å²) in [5, 5.41) is 0. The lowest BCUT2D eigenvalue weighted by Gasteiger charge is -2.19. The van der Waals surface area contributed by atoms with E-state index in [1.807, 2.05) is 0 Å². The molecule has 0 rings (SSSR count). The Balaban J connectivity index is 3.80. The number of phosphoric acid groups is 1. The van der Waals surface area contributed by atoms with Crippen LogP contribution in [0.15, 0.2) is 60.8 Å². The Labute approximate surface area is 539 Å². The Morgan fingerprint density at radius 2 is 0.598 bits per heavy atom. The molecule has 0 aromatic rings. The predicted molar refractivity (Wildman–Crippen MR) is 376 cm³/mol. The minimum atomic E-state index is -4.39. The standard InChI is InChI=1S/C77H144NO8P/c1-3-5-7-9-11-13-15-17-19-21-23-25-27-29-31-33-35-36-37-38-40-41-43-45-47-49-51-53-55-57-59-61-63-65-67-69-76(79)83-73-75(74-85-87(81,82)84-72-71-78)86-77(80)70-68-66-64-62-60-58-56-54-52-50-48-46-44-42-39-34-32-30-28-26-24-22-20-18-16-14-12-10-8-6-4-2/h15-18,21-24,28,30,75H,3-14,19-20,25-27,29,31-74,78H2,1-2H3,(H,81,82)/b17-15-,18-16-,23-21-,24-22-,30-28-. The molecule has 0 saturated heterocycles. The molecule has 3 N–H and O–H groups in total. The van der Waals surface area contributed by atoms with Crippen molar-refractivity contribution in [3.05, 3.63) is 60.8 Å². The SMILES string of the molecule is CCCCCCC/C=C\C/C=C\C/C=C\CCCCCCCCCCCCCCCCCCC(=O)OC(COC(=O)CCCCCCCCCCCCCCCCCCCCCCCCC/C=C\C/C=C\CCCCCCC)COP(=O)(O)OCCN. The number of nitrogens with two attached hydrogens (primary N) is 1. The molecule has 0 spiro atoms. The number of rotatable bonds is 72. The molecular formula is C77H144NO8P. The first-order valence-corrected chi connectivity index (χ1v) is 39.3. The monoisotopic (exact) mass is 1240 g/mol. The highest BCUT2D eigenvalue weighted by atomic mass is 31.2. The Hall–Kier alpha value is -2.29. The van der Waals surface area contributed by atoms with E-state index in [1.54, 1.807) is 0 Å². The summed E-state index contributed by atoms with van der Waals surface area (Å²) in [5.41, 5.74) is 5.41. The highest BCUT2D eigenvalue weighted by molar-refractivity contribution is 7.47. The second kappa shape index (κ2) is 72.8. The number of hydrogen-bond donors (Lipinski definition) is 2. The molecule has 0 saturated carbocycles. The number of unbranched alkanes of at least 4 members (excludes halogenated alkanes) is 49. The van der Waals surface area contributed by atoms with E-state index < -0.39 is 26.5 Å². The maximum atomic E-state index is 12.8. The van der Waals surface area contributed by atoms with E-state index in [0.717, 1.165) is 51.4 Å². The number of esters is 2. The maximum absolute atomic E-state index is 12.8. The van der Waals surface area contributed by atoms with Gasteiger partial charge in [0.25, 0.3) is 0 Å². The topological polar surface area (TPSA) is 134 Å². The lowest BCUT2D eigenvalue weighted by molar-refractivity contribution is -0.161. The Morgan fingerprint density at radius 3 is 0.885 bits per heavy atom. The van der Waals surface area contributed by atoms with Gasteiger partial charge in [0.1, 0.15) is 6.61 Å². The van der Waals surface area contributed by atoms with Crippen molar-refractivity contribution in [2.75, 3.05) is 26.4 Å². The number of phosphoric ester groups is 1. The van der Waals surface area contributed by atoms with Crippen LogP contribution >= 0.6 is 7.82 Å². The number of carbonyl (C=O) groups excluding carboxylic acids is 2. The summed E-state index contributed by atoms with van der Waals surface area (Å²) in [7, 11) is -4.39. The molecule has 0 fully saturated rings. The average molecular weight is 1240 g/mol. The van der Waals surface area contributed by atoms with E-state index >= 15 is 0 Å². The van der Waals surface area contributed by atoms with E-state index in [2.05, 4.69) is 74.6 Å². The van der Waals surface area contributed by atoms with Crippen molar-refractivity contribution in [1.29, 1.82) is 0 Å². The molecule has 0 radical (unpaired) electrons. The molecular weight excluding hydrogens is 1100 g/mol. The van der Waals surface area contributed by atoms with Crippen LogP contribution in [0, 0.1) is 0 Å². The molecule has 87 heavy (non-hydrogen) atoms. The molecule has 0 bridgehead atoms. The van der Waals surface area contributed by atoms with Gasteiger partial charge in [-0.05, 0) is 83.5 Å². The van der Waals surface area contributed by atoms with E-state index in [9.17, 15) is 19.0 Å². The van der Waals surface area contributed by atoms with Gasteiger partial charge in [0.05, 0.1) is 13.2 Å². The summed E-state index contributed by atoms with van der Waals surface area (Å²) in [6.07, 6.45) is 94.8. The maximum Gasteiger partial charge on any atom is 0.472 e. The van der Waals surface area contributed by atoms with Gasteiger partial charge in [-0.2, -0.15) is 0 Å². The summed E-state index contributed by atoms with van der Waals surface area (Å²) < 4.78 is 33.2. The van der Waals surface area contributed by atoms with Crippen molar-refractivity contribution in [1.82, 2.24) is 0 Å². The molecule has 2 atom stereocenters. The third-order valence-electron chi connectivity index (χ3n) is 16.9. The van der Waals surface area contributed by atoms with E-state index in [-0.39, 0.29) is 38.6 Å². The zero-order valence-electron chi connectivity index (χ0n) is 57.5. The van der Waals surface area contributed by atoms with Crippen molar-refractivity contribution in [3.8, 4) is 0 Å². The minimum absolute atomic E-state index is 0.0545. The van der Waals surface area contributed by atoms with Gasteiger partial charge in [-0.1, -0.05) is 351 Å². The zero-order chi connectivity index (χ0) is 63.0. The number of ether oxygens (including phenoxy) is 2. The van der Waals surface area contributed by atoms with E-state index in [1.165, 1.54) is 302 Å². The van der Waals surface area contributed by atoms with Gasteiger partial charge in [0.2, 0.25) is 0 Å². The van der Waals surface area contributed by atoms with Gasteiger partial charge in [0, 0.05) is 19.4 Å². The van der Waals surface area contributed by atoms with Crippen LogP contribution in [-0.2, 0) is 32.7 Å². The largest absolute Gasteiger partial charge is 0.472 e. The van der Waals surface area contributed by atoms with E-state index in [0.29, 0.717) is 6.42 Å². The first-order valence-electron chi connectivity index (χ1n) is 37.8. The zero-order valence-corrected chi connectivity index (χ0v) is 58.4. The first-order chi connectivity index (χ1) is 42.8. The summed E-state index contributed by atoms with van der Waals surface area (Å²) >= 11 is 0. The fraction of sp³-hybridized carbons (Fsp3) is 0.844. The molecule has 510 valence electrons. The lowest BCUT2D eigenvalue weighted by Crippen LogP contribution is -2.29. The summed E-state index contributed by atoms with van der Waals surface area (Å²) in [6, 6.07) is 0. The van der Waals surface area contributed by atoms with Crippen molar-refractivity contribution < 1.29 is 37.6 Å². The lowest BCUT2D eigenvalue weighted by atomic mass is 10.0. The van der Waals surface area contributed by atoms with Crippen LogP contribution in [0.4, 0.5) is 0 Å². The molecule has 2 unspecified atom stereocenters. The smallest absolute Gasteiger partial charge is 0.462 e. The quantitative estimate of drug-likeness (QED) is 0.0264. The third kappa shape index (κ3) is 72.6. The minimum Gasteiger partial charge on any atom is -0.462 e. The molecule has 0 aliphatic carbocycles. The Kier molecular flexibility index (Phi) is 70.9. The van der Waals surface area contributed by atoms with E-state index in [4.69, 9.17) is 24.3 Å². The highest BCUT2D eigenvalue weighted by Crippen LogP contribution is 2.43. The molecule has 0 aliphatic rings. The molecule has 0 aromatic carbocycles. The second-order valence-corrected chi connectivity index (χ2v) is 27.0. The molecule has 0 aromatic heterocycles. The highest BCUT2D eigenvalue weighted by Gasteiger charge is 2.26. The van der Waals surface area contributed by atoms with Crippen LogP contribution < -0.4 is 5.73 Å². The normalized spacial score (nSPS) is 13.2. The van der Waals surface area contributed by atoms with Crippen molar-refractivity contribution in [3.63, 3.8) is 0 Å². The fourth-order valence-corrected chi connectivity index (χ4v) is 12.0. The molecule has 0 aliphatic heterocycles. The summed E-state index contributed by atoms with van der Waals surface area (Å²) in [5.74, 6) is -0.808. The molecule has 9 nitrogen and oxygen atoms in total. The third-order valence-corrected chi connectivity index (χ3v) is 17.9. The van der Waals surface area contributed by atoms with Crippen molar-refractivity contribution in [2.24, 2.45) is 5.73 Å². The molecule has 0 heterocycles. The fourth-order valence-electron chi connectivity index (χ4n) is 11.3. The first kappa shape index (κ1) is 84.7. The second-order valence-electron chi connectivity index (χ2n) is 25.5. The van der Waals surface area contributed by atoms with Gasteiger partial charge in [-0.15, -0.1) is 0 Å². The van der Waals surface area contributed by atoms with Gasteiger partial charge in [-0.3, -0.25) is 18.6 Å². The van der Waals surface area contributed by atoms with Gasteiger partial charge in [0.15, 0.2) is 6.10 Å². The molecule has 0 amide bonds. The van der Waals surface area contributed by atoms with Crippen LogP contribution in [-0.4, -0.2) is 49.3 Å². The summed E-state index contributed by atoms with van der Waals surface area (Å²) in [6.45, 7) is 3.79. The number of carbonyl (C=O) groups is 2. The van der Waals surface area contributed by atoms with Crippen LogP contribution in [0.5, 0.6) is 0 Å².